The highest BCUT2D eigenvalue weighted by molar-refractivity contribution is 6.31. The van der Waals surface area contributed by atoms with Gasteiger partial charge in [0.25, 0.3) is 0 Å². The molecular formula is C15H18ClN5O. The molecule has 7 heteroatoms. The highest BCUT2D eigenvalue weighted by Crippen LogP contribution is 2.34. The van der Waals surface area contributed by atoms with Gasteiger partial charge < -0.3 is 20.7 Å². The summed E-state index contributed by atoms with van der Waals surface area (Å²) >= 11 is 6.05. The maximum atomic E-state index is 6.24. The molecule has 0 radical (unpaired) electrons. The molecule has 0 bridgehead atoms. The fourth-order valence-electron chi connectivity index (χ4n) is 2.57. The minimum atomic E-state index is 0.534. The predicted octanol–water partition coefficient (Wildman–Crippen LogP) is 3.06. The first-order valence-corrected chi connectivity index (χ1v) is 7.53. The summed E-state index contributed by atoms with van der Waals surface area (Å²) in [5.41, 5.74) is 7.49. The van der Waals surface area contributed by atoms with Crippen LogP contribution in [0.3, 0.4) is 0 Å². The van der Waals surface area contributed by atoms with Crippen LogP contribution in [0.15, 0.2) is 24.5 Å². The number of hydrogen-bond acceptors (Lipinski definition) is 6. The number of benzene rings is 1. The average Bonchev–Trinajstić information content (AvgIpc) is 3.04. The Morgan fingerprint density at radius 2 is 2.05 bits per heavy atom. The molecule has 2 heterocycles. The number of anilines is 4. The number of methoxy groups -OCH3 is 1. The monoisotopic (exact) mass is 319 g/mol. The molecule has 116 valence electrons. The molecule has 22 heavy (non-hydrogen) atoms. The molecule has 6 nitrogen and oxygen atoms in total. The lowest BCUT2D eigenvalue weighted by atomic mass is 10.3. The van der Waals surface area contributed by atoms with Crippen LogP contribution in [0.5, 0.6) is 5.75 Å². The number of nitrogen functional groups attached to an aromatic ring is 1. The lowest BCUT2D eigenvalue weighted by Crippen LogP contribution is -2.21. The van der Waals surface area contributed by atoms with Gasteiger partial charge in [-0.25, -0.2) is 9.97 Å². The molecule has 0 unspecified atom stereocenters. The molecule has 0 atom stereocenters. The number of rotatable bonds is 4. The van der Waals surface area contributed by atoms with Crippen LogP contribution in [0, 0.1) is 0 Å². The number of halogens is 1. The van der Waals surface area contributed by atoms with Crippen molar-refractivity contribution < 1.29 is 4.74 Å². The molecular weight excluding hydrogens is 302 g/mol. The highest BCUT2D eigenvalue weighted by atomic mass is 35.5. The Morgan fingerprint density at radius 1 is 1.27 bits per heavy atom. The molecule has 0 saturated carbocycles. The zero-order valence-electron chi connectivity index (χ0n) is 12.3. The number of nitrogens with zero attached hydrogens (tertiary/aromatic N) is 3. The first-order valence-electron chi connectivity index (χ1n) is 7.15. The van der Waals surface area contributed by atoms with Gasteiger partial charge in [-0.1, -0.05) is 11.6 Å². The Labute approximate surface area is 134 Å². The molecule has 2 aromatic rings. The Bertz CT molecular complexity index is 673. The van der Waals surface area contributed by atoms with Crippen LogP contribution >= 0.6 is 11.6 Å². The zero-order chi connectivity index (χ0) is 15.5. The lowest BCUT2D eigenvalue weighted by Gasteiger charge is -2.20. The van der Waals surface area contributed by atoms with Crippen LogP contribution in [0.1, 0.15) is 12.8 Å². The van der Waals surface area contributed by atoms with Gasteiger partial charge in [0.05, 0.1) is 12.8 Å². The van der Waals surface area contributed by atoms with Crippen LogP contribution in [0.2, 0.25) is 5.02 Å². The van der Waals surface area contributed by atoms with E-state index >= 15 is 0 Å². The van der Waals surface area contributed by atoms with Crippen LogP contribution in [-0.2, 0) is 0 Å². The van der Waals surface area contributed by atoms with Gasteiger partial charge in [-0.3, -0.25) is 0 Å². The van der Waals surface area contributed by atoms with Gasteiger partial charge in [0, 0.05) is 18.1 Å². The maximum absolute atomic E-state index is 6.24. The smallest absolute Gasteiger partial charge is 0.159 e. The van der Waals surface area contributed by atoms with E-state index in [1.165, 1.54) is 6.33 Å². The van der Waals surface area contributed by atoms with Crippen molar-refractivity contribution in [2.75, 3.05) is 36.1 Å². The molecule has 1 aromatic carbocycles. The van der Waals surface area contributed by atoms with E-state index in [-0.39, 0.29) is 0 Å². The average molecular weight is 320 g/mol. The second kappa shape index (κ2) is 6.27. The lowest BCUT2D eigenvalue weighted by molar-refractivity contribution is 0.417. The fraction of sp³-hybridized carbons (Fsp3) is 0.333. The number of nitrogens with two attached hydrogens (primary N) is 1. The van der Waals surface area contributed by atoms with Crippen LogP contribution < -0.4 is 20.7 Å². The molecule has 1 aliphatic rings. The summed E-state index contributed by atoms with van der Waals surface area (Å²) in [5, 5.41) is 3.79. The molecule has 3 N–H and O–H groups in total. The fourth-order valence-corrected chi connectivity index (χ4v) is 2.74. The first-order chi connectivity index (χ1) is 10.7. The van der Waals surface area contributed by atoms with Crippen molar-refractivity contribution in [2.45, 2.75) is 12.8 Å². The second-order valence-electron chi connectivity index (χ2n) is 5.12. The number of aromatic nitrogens is 2. The third-order valence-corrected chi connectivity index (χ3v) is 3.92. The topological polar surface area (TPSA) is 76.3 Å². The van der Waals surface area contributed by atoms with Gasteiger partial charge in [-0.2, -0.15) is 0 Å². The second-order valence-corrected chi connectivity index (χ2v) is 5.56. The van der Waals surface area contributed by atoms with E-state index in [1.54, 1.807) is 25.3 Å². The van der Waals surface area contributed by atoms with Crippen molar-refractivity contribution in [1.82, 2.24) is 9.97 Å². The molecule has 3 rings (SSSR count). The maximum Gasteiger partial charge on any atom is 0.159 e. The number of nitrogens with one attached hydrogen (secondary N) is 1. The third-order valence-electron chi connectivity index (χ3n) is 3.68. The molecule has 0 aliphatic carbocycles. The summed E-state index contributed by atoms with van der Waals surface area (Å²) in [5.74, 6) is 2.00. The normalized spacial score (nSPS) is 14.2. The summed E-state index contributed by atoms with van der Waals surface area (Å²) in [6.45, 7) is 1.95. The molecule has 0 spiro atoms. The molecule has 1 aliphatic heterocycles. The van der Waals surface area contributed by atoms with E-state index in [2.05, 4.69) is 20.2 Å². The van der Waals surface area contributed by atoms with Gasteiger partial charge in [0.1, 0.15) is 17.8 Å². The van der Waals surface area contributed by atoms with Crippen LogP contribution in [0.4, 0.5) is 23.0 Å². The van der Waals surface area contributed by atoms with Crippen molar-refractivity contribution in [1.29, 1.82) is 0 Å². The number of hydrogen-bond donors (Lipinski definition) is 2. The Hall–Kier alpha value is -2.21. The van der Waals surface area contributed by atoms with E-state index in [0.29, 0.717) is 28.0 Å². The highest BCUT2D eigenvalue weighted by Gasteiger charge is 2.19. The minimum Gasteiger partial charge on any atom is -0.495 e. The molecule has 0 amide bonds. The quantitative estimate of drug-likeness (QED) is 0.902. The van der Waals surface area contributed by atoms with E-state index in [0.717, 1.165) is 31.7 Å². The standard InChI is InChI=1S/C15H18ClN5O/c1-22-12-5-4-10(16)8-11(12)20-14-13(17)15(19-9-18-14)21-6-2-3-7-21/h4-5,8-9H,2-3,6-7,17H2,1H3,(H,18,19,20). The van der Waals surface area contributed by atoms with Crippen molar-refractivity contribution in [2.24, 2.45) is 0 Å². The van der Waals surface area contributed by atoms with Gasteiger partial charge in [-0.15, -0.1) is 0 Å². The molecule has 1 fully saturated rings. The van der Waals surface area contributed by atoms with Gasteiger partial charge in [0.2, 0.25) is 0 Å². The van der Waals surface area contributed by atoms with Gasteiger partial charge in [-0.05, 0) is 31.0 Å². The Morgan fingerprint density at radius 3 is 2.77 bits per heavy atom. The van der Waals surface area contributed by atoms with Crippen LogP contribution in [-0.4, -0.2) is 30.2 Å². The van der Waals surface area contributed by atoms with Crippen molar-refractivity contribution in [3.05, 3.63) is 29.5 Å². The Balaban J connectivity index is 1.92. The summed E-state index contributed by atoms with van der Waals surface area (Å²) in [4.78, 5) is 10.7. The minimum absolute atomic E-state index is 0.534. The van der Waals surface area contributed by atoms with E-state index in [9.17, 15) is 0 Å². The molecule has 1 aromatic heterocycles. The van der Waals surface area contributed by atoms with E-state index < -0.39 is 0 Å². The van der Waals surface area contributed by atoms with Crippen molar-refractivity contribution in [3.63, 3.8) is 0 Å². The van der Waals surface area contributed by atoms with E-state index in [4.69, 9.17) is 22.1 Å². The predicted molar refractivity (Wildman–Crippen MR) is 89.2 cm³/mol. The summed E-state index contributed by atoms with van der Waals surface area (Å²) in [6.07, 6.45) is 3.84. The van der Waals surface area contributed by atoms with Gasteiger partial charge >= 0.3 is 0 Å². The van der Waals surface area contributed by atoms with Crippen molar-refractivity contribution in [3.8, 4) is 5.75 Å². The zero-order valence-corrected chi connectivity index (χ0v) is 13.1. The van der Waals surface area contributed by atoms with Crippen LogP contribution in [0.25, 0.3) is 0 Å². The molecule has 1 saturated heterocycles. The summed E-state index contributed by atoms with van der Waals surface area (Å²) in [7, 11) is 1.60. The summed E-state index contributed by atoms with van der Waals surface area (Å²) < 4.78 is 5.33. The summed E-state index contributed by atoms with van der Waals surface area (Å²) in [6, 6.07) is 5.34. The van der Waals surface area contributed by atoms with Crippen molar-refractivity contribution >= 4 is 34.6 Å². The third kappa shape index (κ3) is 2.87. The first kappa shape index (κ1) is 14.7. The number of ether oxygens (including phenoxy) is 1. The van der Waals surface area contributed by atoms with Gasteiger partial charge in [0.15, 0.2) is 11.6 Å². The Kier molecular flexibility index (Phi) is 4.20. The SMILES string of the molecule is COc1ccc(Cl)cc1Nc1ncnc(N2CCCC2)c1N. The van der Waals surface area contributed by atoms with E-state index in [1.807, 2.05) is 0 Å². The largest absolute Gasteiger partial charge is 0.495 e.